The number of carboxylic acid groups (broad SMARTS) is 2. The van der Waals surface area contributed by atoms with Crippen LogP contribution in [0.1, 0.15) is 17.5 Å². The molecule has 0 aromatic heterocycles. The van der Waals surface area contributed by atoms with Crippen LogP contribution in [0.4, 0.5) is 5.69 Å². The fourth-order valence-corrected chi connectivity index (χ4v) is 2.15. The van der Waals surface area contributed by atoms with E-state index in [1.807, 2.05) is 7.05 Å². The number of rotatable bonds is 2. The maximum atomic E-state index is 9.10. The Balaban J connectivity index is 0.000000286. The van der Waals surface area contributed by atoms with Gasteiger partial charge in [-0.2, -0.15) is 0 Å². The minimum Gasteiger partial charge on any atom is -0.473 e. The Morgan fingerprint density at radius 3 is 2.50 bits per heavy atom. The number of nitrogens with one attached hydrogen (secondary N) is 1. The highest BCUT2D eigenvalue weighted by atomic mass is 16.4. The van der Waals surface area contributed by atoms with Gasteiger partial charge in [-0.3, -0.25) is 0 Å². The van der Waals surface area contributed by atoms with E-state index in [-0.39, 0.29) is 0 Å². The molecule has 0 saturated carbocycles. The Labute approximate surface area is 118 Å². The molecule has 0 radical (unpaired) electrons. The molecule has 0 saturated heterocycles. The molecule has 6 nitrogen and oxygen atoms in total. The van der Waals surface area contributed by atoms with Gasteiger partial charge in [0.15, 0.2) is 0 Å². The zero-order valence-corrected chi connectivity index (χ0v) is 11.7. The number of hydrogen-bond acceptors (Lipinski definition) is 4. The quantitative estimate of drug-likeness (QED) is 0.699. The Hall–Kier alpha value is -2.08. The van der Waals surface area contributed by atoms with Gasteiger partial charge in [-0.1, -0.05) is 12.1 Å². The summed E-state index contributed by atoms with van der Waals surface area (Å²) in [6.45, 7) is 2.16. The molecule has 0 fully saturated rings. The standard InChI is InChI=1S/C12H18N2.C2H2O4/c1-13-9-10-5-6-12-11(8-10)4-3-7-14(12)2;3-1(4)2(5)6/h5-6,8,13H,3-4,7,9H2,1-2H3;(H,3,4)(H,5,6). The minimum absolute atomic E-state index is 0.969. The summed E-state index contributed by atoms with van der Waals surface area (Å²) in [6, 6.07) is 6.81. The van der Waals surface area contributed by atoms with Crippen LogP contribution >= 0.6 is 0 Å². The van der Waals surface area contributed by atoms with Crippen molar-refractivity contribution in [3.05, 3.63) is 29.3 Å². The number of aryl methyl sites for hydroxylation is 1. The molecule has 0 bridgehead atoms. The van der Waals surface area contributed by atoms with E-state index in [9.17, 15) is 0 Å². The molecule has 3 N–H and O–H groups in total. The van der Waals surface area contributed by atoms with Crippen molar-refractivity contribution in [1.82, 2.24) is 5.32 Å². The van der Waals surface area contributed by atoms with Gasteiger partial charge < -0.3 is 20.4 Å². The van der Waals surface area contributed by atoms with E-state index in [0.29, 0.717) is 0 Å². The number of nitrogens with zero attached hydrogens (tertiary/aromatic N) is 1. The zero-order valence-electron chi connectivity index (χ0n) is 11.7. The topological polar surface area (TPSA) is 89.9 Å². The lowest BCUT2D eigenvalue weighted by Gasteiger charge is -2.27. The first-order valence-electron chi connectivity index (χ1n) is 6.39. The van der Waals surface area contributed by atoms with Gasteiger partial charge in [0.05, 0.1) is 0 Å². The van der Waals surface area contributed by atoms with Gasteiger partial charge >= 0.3 is 11.9 Å². The van der Waals surface area contributed by atoms with Crippen LogP contribution in [0.2, 0.25) is 0 Å². The molecule has 1 aromatic carbocycles. The first kappa shape index (κ1) is 16.0. The zero-order chi connectivity index (χ0) is 15.1. The molecule has 0 atom stereocenters. The Bertz CT molecular complexity index is 476. The largest absolute Gasteiger partial charge is 0.473 e. The van der Waals surface area contributed by atoms with Crippen molar-refractivity contribution in [2.24, 2.45) is 0 Å². The van der Waals surface area contributed by atoms with Crippen LogP contribution in [0.3, 0.4) is 0 Å². The molecule has 2 rings (SSSR count). The van der Waals surface area contributed by atoms with Crippen molar-refractivity contribution in [2.75, 3.05) is 25.5 Å². The molecular formula is C14H20N2O4. The average Bonchev–Trinajstić information content (AvgIpc) is 2.40. The number of hydrogen-bond donors (Lipinski definition) is 3. The Kier molecular flexibility index (Phi) is 5.99. The highest BCUT2D eigenvalue weighted by Crippen LogP contribution is 2.26. The molecule has 1 aliphatic rings. The fourth-order valence-electron chi connectivity index (χ4n) is 2.15. The summed E-state index contributed by atoms with van der Waals surface area (Å²) in [5, 5.41) is 18.0. The summed E-state index contributed by atoms with van der Waals surface area (Å²) >= 11 is 0. The molecule has 0 unspecified atom stereocenters. The Morgan fingerprint density at radius 1 is 1.30 bits per heavy atom. The van der Waals surface area contributed by atoms with Gasteiger partial charge in [0.2, 0.25) is 0 Å². The summed E-state index contributed by atoms with van der Waals surface area (Å²) in [6.07, 6.45) is 2.52. The second-order valence-electron chi connectivity index (χ2n) is 4.63. The summed E-state index contributed by atoms with van der Waals surface area (Å²) in [7, 11) is 4.17. The Morgan fingerprint density at radius 2 is 1.95 bits per heavy atom. The van der Waals surface area contributed by atoms with Crippen molar-refractivity contribution in [3.8, 4) is 0 Å². The van der Waals surface area contributed by atoms with Gasteiger partial charge in [0.1, 0.15) is 0 Å². The minimum atomic E-state index is -1.82. The number of fused-ring (bicyclic) bond motifs is 1. The van der Waals surface area contributed by atoms with Gasteiger partial charge in [-0.25, -0.2) is 9.59 Å². The highest BCUT2D eigenvalue weighted by molar-refractivity contribution is 6.27. The van der Waals surface area contributed by atoms with Crippen molar-refractivity contribution in [2.45, 2.75) is 19.4 Å². The molecule has 110 valence electrons. The van der Waals surface area contributed by atoms with Gasteiger partial charge in [0.25, 0.3) is 0 Å². The predicted molar refractivity (Wildman–Crippen MR) is 76.1 cm³/mol. The molecule has 20 heavy (non-hydrogen) atoms. The first-order valence-corrected chi connectivity index (χ1v) is 6.39. The third-order valence-electron chi connectivity index (χ3n) is 3.06. The monoisotopic (exact) mass is 280 g/mol. The van der Waals surface area contributed by atoms with Crippen molar-refractivity contribution >= 4 is 17.6 Å². The second kappa shape index (κ2) is 7.49. The first-order chi connectivity index (χ1) is 9.45. The number of anilines is 1. The summed E-state index contributed by atoms with van der Waals surface area (Å²) in [5.74, 6) is -3.65. The molecule has 1 aliphatic heterocycles. The molecular weight excluding hydrogens is 260 g/mol. The average molecular weight is 280 g/mol. The van der Waals surface area contributed by atoms with E-state index in [0.717, 1.165) is 6.54 Å². The number of carboxylic acids is 2. The summed E-state index contributed by atoms with van der Waals surface area (Å²) in [5.41, 5.74) is 4.31. The van der Waals surface area contributed by atoms with Gasteiger partial charge in [-0.15, -0.1) is 0 Å². The number of benzene rings is 1. The SMILES string of the molecule is CNCc1ccc2c(c1)CCCN2C.O=C(O)C(=O)O. The van der Waals surface area contributed by atoms with Gasteiger partial charge in [0, 0.05) is 25.8 Å². The third-order valence-corrected chi connectivity index (χ3v) is 3.06. The van der Waals surface area contributed by atoms with E-state index >= 15 is 0 Å². The molecule has 0 amide bonds. The third kappa shape index (κ3) is 4.55. The van der Waals surface area contributed by atoms with E-state index < -0.39 is 11.9 Å². The summed E-state index contributed by atoms with van der Waals surface area (Å²) < 4.78 is 0. The second-order valence-corrected chi connectivity index (χ2v) is 4.63. The van der Waals surface area contributed by atoms with Crippen LogP contribution in [0.15, 0.2) is 18.2 Å². The molecule has 0 aliphatic carbocycles. The molecule has 1 heterocycles. The van der Waals surface area contributed by atoms with Crippen LogP contribution in [0, 0.1) is 0 Å². The van der Waals surface area contributed by atoms with Crippen LogP contribution in [0.5, 0.6) is 0 Å². The normalized spacial score (nSPS) is 13.0. The number of carbonyl (C=O) groups is 2. The maximum Gasteiger partial charge on any atom is 0.414 e. The lowest BCUT2D eigenvalue weighted by atomic mass is 10.00. The maximum absolute atomic E-state index is 9.10. The molecule has 1 aromatic rings. The predicted octanol–water partition coefficient (Wildman–Crippen LogP) is 0.944. The van der Waals surface area contributed by atoms with E-state index in [1.54, 1.807) is 0 Å². The number of aliphatic carboxylic acids is 2. The van der Waals surface area contributed by atoms with Crippen molar-refractivity contribution < 1.29 is 19.8 Å². The lowest BCUT2D eigenvalue weighted by molar-refractivity contribution is -0.159. The highest BCUT2D eigenvalue weighted by Gasteiger charge is 2.13. The molecule has 0 spiro atoms. The van der Waals surface area contributed by atoms with Crippen molar-refractivity contribution in [3.63, 3.8) is 0 Å². The van der Waals surface area contributed by atoms with Crippen LogP contribution < -0.4 is 10.2 Å². The molecule has 6 heteroatoms. The fraction of sp³-hybridized carbons (Fsp3) is 0.429. The van der Waals surface area contributed by atoms with Gasteiger partial charge in [-0.05, 0) is 37.1 Å². The van der Waals surface area contributed by atoms with E-state index in [1.165, 1.54) is 36.2 Å². The summed E-state index contributed by atoms with van der Waals surface area (Å²) in [4.78, 5) is 20.5. The van der Waals surface area contributed by atoms with Crippen LogP contribution in [0.25, 0.3) is 0 Å². The van der Waals surface area contributed by atoms with Crippen molar-refractivity contribution in [1.29, 1.82) is 0 Å². The van der Waals surface area contributed by atoms with E-state index in [4.69, 9.17) is 19.8 Å². The van der Waals surface area contributed by atoms with E-state index in [2.05, 4.69) is 35.5 Å². The van der Waals surface area contributed by atoms with Crippen LogP contribution in [-0.4, -0.2) is 42.8 Å². The smallest absolute Gasteiger partial charge is 0.414 e. The van der Waals surface area contributed by atoms with Crippen LogP contribution in [-0.2, 0) is 22.6 Å². The lowest BCUT2D eigenvalue weighted by Crippen LogP contribution is -2.24.